The molecule has 0 aliphatic carbocycles. The van der Waals surface area contributed by atoms with Crippen LogP contribution in [0.5, 0.6) is 0 Å². The fourth-order valence-corrected chi connectivity index (χ4v) is 4.20. The summed E-state index contributed by atoms with van der Waals surface area (Å²) in [5.41, 5.74) is 17.3. The van der Waals surface area contributed by atoms with E-state index in [1.54, 1.807) is 24.3 Å². The zero-order chi connectivity index (χ0) is 29.4. The van der Waals surface area contributed by atoms with Gasteiger partial charge in [0, 0.05) is 13.0 Å². The summed E-state index contributed by atoms with van der Waals surface area (Å²) >= 11 is 1.51. The maximum atomic E-state index is 13.2. The highest BCUT2D eigenvalue weighted by Crippen LogP contribution is 2.10. The van der Waals surface area contributed by atoms with Crippen LogP contribution < -0.4 is 33.2 Å². The number of guanidine groups is 1. The number of aliphatic carboxylic acids is 1. The number of carbonyl (C=O) groups excluding carboxylic acids is 3. The van der Waals surface area contributed by atoms with Crippen molar-refractivity contribution in [2.45, 2.75) is 70.1 Å². The van der Waals surface area contributed by atoms with Crippen LogP contribution in [0.3, 0.4) is 0 Å². The molecule has 0 aromatic heterocycles. The molecule has 10 N–H and O–H groups in total. The van der Waals surface area contributed by atoms with E-state index in [0.717, 1.165) is 5.56 Å². The number of carboxylic acid groups (broad SMARTS) is 1. The molecule has 1 aromatic rings. The molecule has 13 heteroatoms. The summed E-state index contributed by atoms with van der Waals surface area (Å²) in [7, 11) is 0. The van der Waals surface area contributed by atoms with Crippen LogP contribution in [-0.2, 0) is 25.6 Å². The third-order valence-electron chi connectivity index (χ3n) is 5.79. The molecular formula is C26H43N7O5S. The number of benzene rings is 1. The molecule has 1 rings (SSSR count). The molecule has 0 aliphatic heterocycles. The van der Waals surface area contributed by atoms with Crippen LogP contribution >= 0.6 is 11.8 Å². The second kappa shape index (κ2) is 18.1. The third kappa shape index (κ3) is 13.9. The fourth-order valence-electron chi connectivity index (χ4n) is 3.73. The van der Waals surface area contributed by atoms with E-state index in [0.29, 0.717) is 31.6 Å². The smallest absolute Gasteiger partial charge is 0.326 e. The number of hydrogen-bond donors (Lipinski definition) is 7. The van der Waals surface area contributed by atoms with E-state index in [9.17, 15) is 24.3 Å². The topological polar surface area (TPSA) is 215 Å². The first kappa shape index (κ1) is 33.7. The van der Waals surface area contributed by atoms with Crippen molar-refractivity contribution in [1.82, 2.24) is 16.0 Å². The number of amides is 3. The predicted molar refractivity (Wildman–Crippen MR) is 154 cm³/mol. The molecule has 0 fully saturated rings. The molecule has 1 aromatic carbocycles. The number of carboxylic acids is 1. The molecule has 0 heterocycles. The minimum absolute atomic E-state index is 0.0244. The van der Waals surface area contributed by atoms with Crippen molar-refractivity contribution < 1.29 is 24.3 Å². The Bertz CT molecular complexity index is 957. The number of nitrogens with two attached hydrogens (primary N) is 3. The largest absolute Gasteiger partial charge is 0.480 e. The van der Waals surface area contributed by atoms with Crippen LogP contribution in [-0.4, -0.2) is 77.5 Å². The molecule has 0 aliphatic rings. The van der Waals surface area contributed by atoms with Crippen LogP contribution in [0.4, 0.5) is 0 Å². The van der Waals surface area contributed by atoms with Crippen LogP contribution in [0.2, 0.25) is 0 Å². The Labute approximate surface area is 234 Å². The predicted octanol–water partition coefficient (Wildman–Crippen LogP) is -0.0518. The first-order valence-corrected chi connectivity index (χ1v) is 14.3. The maximum absolute atomic E-state index is 13.2. The third-order valence-corrected chi connectivity index (χ3v) is 6.43. The first-order chi connectivity index (χ1) is 18.4. The number of thioether (sulfide) groups is 1. The summed E-state index contributed by atoms with van der Waals surface area (Å²) in [6.07, 6.45) is 3.37. The standard InChI is InChI=1S/C26H43N7O5S/c1-16(2)14-20(24(36)33-21(25(37)38)15-17-8-5-4-6-9-17)32-23(35)19(11-13-39-3)31-22(34)18(27)10-7-12-30-26(28)29/h4-6,8-9,16,18-21H,7,10-15,27H2,1-3H3,(H,31,34)(H,32,35)(H,33,36)(H,37,38)(H4,28,29,30). The van der Waals surface area contributed by atoms with Crippen LogP contribution in [0.25, 0.3) is 0 Å². The summed E-state index contributed by atoms with van der Waals surface area (Å²) in [4.78, 5) is 54.8. The zero-order valence-corrected chi connectivity index (χ0v) is 23.7. The van der Waals surface area contributed by atoms with Crippen molar-refractivity contribution in [3.63, 3.8) is 0 Å². The van der Waals surface area contributed by atoms with E-state index >= 15 is 0 Å². The molecule has 12 nitrogen and oxygen atoms in total. The van der Waals surface area contributed by atoms with E-state index in [1.807, 2.05) is 26.2 Å². The van der Waals surface area contributed by atoms with Crippen LogP contribution in [0.1, 0.15) is 45.1 Å². The molecule has 3 amide bonds. The van der Waals surface area contributed by atoms with Gasteiger partial charge in [0.2, 0.25) is 17.7 Å². The number of nitrogens with zero attached hydrogens (tertiary/aromatic N) is 1. The van der Waals surface area contributed by atoms with Gasteiger partial charge in [-0.2, -0.15) is 11.8 Å². The second-order valence-corrected chi connectivity index (χ2v) is 10.7. The van der Waals surface area contributed by atoms with Gasteiger partial charge in [0.25, 0.3) is 0 Å². The lowest BCUT2D eigenvalue weighted by atomic mass is 10.0. The molecule has 0 saturated carbocycles. The molecule has 4 unspecified atom stereocenters. The van der Waals surface area contributed by atoms with Crippen molar-refractivity contribution in [2.75, 3.05) is 18.6 Å². The quantitative estimate of drug-likeness (QED) is 0.0720. The van der Waals surface area contributed by atoms with Gasteiger partial charge >= 0.3 is 5.97 Å². The number of nitrogens with one attached hydrogen (secondary N) is 3. The Morgan fingerprint density at radius 1 is 0.923 bits per heavy atom. The lowest BCUT2D eigenvalue weighted by Gasteiger charge is -2.26. The number of carbonyl (C=O) groups is 4. The van der Waals surface area contributed by atoms with E-state index in [4.69, 9.17) is 17.2 Å². The van der Waals surface area contributed by atoms with Gasteiger partial charge in [-0.1, -0.05) is 44.2 Å². The highest BCUT2D eigenvalue weighted by atomic mass is 32.2. The molecular weight excluding hydrogens is 522 g/mol. The summed E-state index contributed by atoms with van der Waals surface area (Å²) in [6, 6.07) is 5.00. The zero-order valence-electron chi connectivity index (χ0n) is 22.9. The Morgan fingerprint density at radius 3 is 2.08 bits per heavy atom. The van der Waals surface area contributed by atoms with Crippen LogP contribution in [0.15, 0.2) is 35.3 Å². The molecule has 218 valence electrons. The summed E-state index contributed by atoms with van der Waals surface area (Å²) < 4.78 is 0. The first-order valence-electron chi connectivity index (χ1n) is 12.9. The lowest BCUT2D eigenvalue weighted by molar-refractivity contribution is -0.142. The Morgan fingerprint density at radius 2 is 1.51 bits per heavy atom. The van der Waals surface area contributed by atoms with Gasteiger partial charge in [0.15, 0.2) is 5.96 Å². The van der Waals surface area contributed by atoms with Gasteiger partial charge in [-0.25, -0.2) is 4.79 Å². The lowest BCUT2D eigenvalue weighted by Crippen LogP contribution is -2.57. The molecule has 39 heavy (non-hydrogen) atoms. The van der Waals surface area contributed by atoms with Crippen molar-refractivity contribution >= 4 is 41.4 Å². The molecule has 0 bridgehead atoms. The van der Waals surface area contributed by atoms with Crippen molar-refractivity contribution in [3.8, 4) is 0 Å². The molecule has 0 saturated heterocycles. The Hall–Kier alpha value is -3.32. The van der Waals surface area contributed by atoms with Crippen molar-refractivity contribution in [3.05, 3.63) is 35.9 Å². The van der Waals surface area contributed by atoms with E-state index in [2.05, 4.69) is 20.9 Å². The highest BCUT2D eigenvalue weighted by Gasteiger charge is 2.30. The normalized spacial score (nSPS) is 14.0. The molecule has 0 spiro atoms. The Balaban J connectivity index is 2.92. The number of aliphatic imine (C=N–C) groups is 1. The maximum Gasteiger partial charge on any atom is 0.326 e. The van der Waals surface area contributed by atoms with Crippen molar-refractivity contribution in [2.24, 2.45) is 28.1 Å². The van der Waals surface area contributed by atoms with Gasteiger partial charge in [-0.15, -0.1) is 0 Å². The average Bonchev–Trinajstić information content (AvgIpc) is 2.87. The second-order valence-electron chi connectivity index (χ2n) is 9.68. The Kier molecular flexibility index (Phi) is 15.6. The summed E-state index contributed by atoms with van der Waals surface area (Å²) in [5, 5.41) is 17.7. The number of rotatable bonds is 18. The molecule has 0 radical (unpaired) electrons. The van der Waals surface area contributed by atoms with Gasteiger partial charge < -0.3 is 38.3 Å². The van der Waals surface area contributed by atoms with Gasteiger partial charge in [-0.05, 0) is 49.2 Å². The minimum Gasteiger partial charge on any atom is -0.480 e. The van der Waals surface area contributed by atoms with E-state index in [-0.39, 0.29) is 24.7 Å². The van der Waals surface area contributed by atoms with Crippen molar-refractivity contribution in [1.29, 1.82) is 0 Å². The van der Waals surface area contributed by atoms with E-state index in [1.165, 1.54) is 11.8 Å². The van der Waals surface area contributed by atoms with Gasteiger partial charge in [0.05, 0.1) is 6.04 Å². The summed E-state index contributed by atoms with van der Waals surface area (Å²) in [6.45, 7) is 4.10. The van der Waals surface area contributed by atoms with E-state index < -0.39 is 47.9 Å². The highest BCUT2D eigenvalue weighted by molar-refractivity contribution is 7.98. The molecule has 4 atom stereocenters. The average molecular weight is 566 g/mol. The SMILES string of the molecule is CSCCC(NC(=O)C(N)CCCN=C(N)N)C(=O)NC(CC(C)C)C(=O)NC(Cc1ccccc1)C(=O)O. The monoisotopic (exact) mass is 565 g/mol. The fraction of sp³-hybridized carbons (Fsp3) is 0.577. The minimum atomic E-state index is -1.18. The van der Waals surface area contributed by atoms with Crippen LogP contribution in [0, 0.1) is 5.92 Å². The van der Waals surface area contributed by atoms with Gasteiger partial charge in [-0.3, -0.25) is 19.4 Å². The number of hydrogen-bond acceptors (Lipinski definition) is 7. The van der Waals surface area contributed by atoms with Gasteiger partial charge in [0.1, 0.15) is 18.1 Å². The summed E-state index contributed by atoms with van der Waals surface area (Å²) in [5.74, 6) is -2.27.